The molecule has 1 aromatic rings. The first-order chi connectivity index (χ1) is 6.93. The van der Waals surface area contributed by atoms with Gasteiger partial charge in [0.2, 0.25) is 0 Å². The summed E-state index contributed by atoms with van der Waals surface area (Å²) < 4.78 is 0. The second kappa shape index (κ2) is 3.31. The van der Waals surface area contributed by atoms with Crippen molar-refractivity contribution in [3.8, 4) is 0 Å². The van der Waals surface area contributed by atoms with E-state index in [1.165, 1.54) is 31.4 Å². The molecule has 0 amide bonds. The number of aromatic nitrogens is 2. The van der Waals surface area contributed by atoms with Crippen molar-refractivity contribution in [1.82, 2.24) is 15.3 Å². The van der Waals surface area contributed by atoms with Crippen molar-refractivity contribution in [2.75, 3.05) is 6.54 Å². The molecule has 3 unspecified atom stereocenters. The minimum atomic E-state index is 0.656. The minimum absolute atomic E-state index is 0.656. The molecule has 0 spiro atoms. The Bertz CT molecular complexity index is 304. The Morgan fingerprint density at radius 1 is 1.21 bits per heavy atom. The smallest absolute Gasteiger partial charge is 0.115 e. The molecule has 3 aliphatic rings. The van der Waals surface area contributed by atoms with Crippen LogP contribution in [0.15, 0.2) is 18.7 Å². The number of nitrogens with zero attached hydrogens (tertiary/aromatic N) is 2. The van der Waals surface area contributed by atoms with Gasteiger partial charge in [0.05, 0.1) is 0 Å². The molecular weight excluding hydrogens is 174 g/mol. The highest BCUT2D eigenvalue weighted by Gasteiger charge is 2.36. The van der Waals surface area contributed by atoms with E-state index in [1.54, 1.807) is 6.33 Å². The molecule has 3 heteroatoms. The molecule has 1 aromatic heterocycles. The van der Waals surface area contributed by atoms with Crippen molar-refractivity contribution < 1.29 is 0 Å². The molecule has 4 rings (SSSR count). The van der Waals surface area contributed by atoms with E-state index in [0.717, 1.165) is 5.92 Å². The molecule has 3 atom stereocenters. The summed E-state index contributed by atoms with van der Waals surface area (Å²) in [5, 5.41) is 3.61. The molecular formula is C11H15N3. The second-order valence-corrected chi connectivity index (χ2v) is 4.47. The van der Waals surface area contributed by atoms with Gasteiger partial charge in [-0.2, -0.15) is 0 Å². The lowest BCUT2D eigenvalue weighted by molar-refractivity contribution is 0.182. The Hall–Kier alpha value is -0.960. The number of rotatable bonds is 1. The first-order valence-corrected chi connectivity index (χ1v) is 5.42. The fourth-order valence-corrected chi connectivity index (χ4v) is 2.88. The van der Waals surface area contributed by atoms with Gasteiger partial charge in [-0.05, 0) is 37.3 Å². The highest BCUT2D eigenvalue weighted by Crippen LogP contribution is 2.39. The highest BCUT2D eigenvalue weighted by atomic mass is 15.0. The van der Waals surface area contributed by atoms with Crippen LogP contribution in [-0.2, 0) is 0 Å². The van der Waals surface area contributed by atoms with Gasteiger partial charge in [0.1, 0.15) is 6.33 Å². The predicted molar refractivity (Wildman–Crippen MR) is 53.9 cm³/mol. The monoisotopic (exact) mass is 189 g/mol. The van der Waals surface area contributed by atoms with Crippen LogP contribution in [0, 0.1) is 5.92 Å². The largest absolute Gasteiger partial charge is 0.313 e. The highest BCUT2D eigenvalue weighted by molar-refractivity contribution is 5.16. The maximum Gasteiger partial charge on any atom is 0.115 e. The SMILES string of the molecule is c1ncc(C2CC3CCC2NC3)cn1. The van der Waals surface area contributed by atoms with Crippen molar-refractivity contribution in [2.24, 2.45) is 5.92 Å². The summed E-state index contributed by atoms with van der Waals surface area (Å²) in [6.45, 7) is 1.22. The predicted octanol–water partition coefficient (Wildman–Crippen LogP) is 1.33. The summed E-state index contributed by atoms with van der Waals surface area (Å²) in [6.07, 6.45) is 9.61. The molecule has 0 aromatic carbocycles. The average molecular weight is 189 g/mol. The van der Waals surface area contributed by atoms with E-state index >= 15 is 0 Å². The Kier molecular flexibility index (Phi) is 1.98. The second-order valence-electron chi connectivity index (χ2n) is 4.47. The molecule has 2 aliphatic heterocycles. The van der Waals surface area contributed by atoms with Gasteiger partial charge in [-0.15, -0.1) is 0 Å². The van der Waals surface area contributed by atoms with E-state index in [-0.39, 0.29) is 0 Å². The van der Waals surface area contributed by atoms with Crippen molar-refractivity contribution in [2.45, 2.75) is 31.2 Å². The lowest BCUT2D eigenvalue weighted by atomic mass is 9.72. The quantitative estimate of drug-likeness (QED) is 0.724. The molecule has 0 radical (unpaired) electrons. The molecule has 3 nitrogen and oxygen atoms in total. The minimum Gasteiger partial charge on any atom is -0.313 e. The Balaban J connectivity index is 1.86. The van der Waals surface area contributed by atoms with Gasteiger partial charge in [0.25, 0.3) is 0 Å². The number of nitrogens with one attached hydrogen (secondary N) is 1. The van der Waals surface area contributed by atoms with Crippen molar-refractivity contribution in [1.29, 1.82) is 0 Å². The normalized spacial score (nSPS) is 35.9. The molecule has 3 heterocycles. The molecule has 1 N–H and O–H groups in total. The van der Waals surface area contributed by atoms with Crippen molar-refractivity contribution in [3.05, 3.63) is 24.3 Å². The molecule has 2 bridgehead atoms. The van der Waals surface area contributed by atoms with Gasteiger partial charge in [-0.25, -0.2) is 9.97 Å². The third-order valence-electron chi connectivity index (χ3n) is 3.64. The Morgan fingerprint density at radius 3 is 2.64 bits per heavy atom. The van der Waals surface area contributed by atoms with Crippen LogP contribution in [0.5, 0.6) is 0 Å². The average Bonchev–Trinajstić information content (AvgIpc) is 2.32. The lowest BCUT2D eigenvalue weighted by Gasteiger charge is -2.43. The van der Waals surface area contributed by atoms with E-state index in [9.17, 15) is 0 Å². The van der Waals surface area contributed by atoms with E-state index in [4.69, 9.17) is 0 Å². The first kappa shape index (κ1) is 8.36. The van der Waals surface area contributed by atoms with Crippen LogP contribution in [0.4, 0.5) is 0 Å². The number of hydrogen-bond donors (Lipinski definition) is 1. The van der Waals surface area contributed by atoms with Gasteiger partial charge in [-0.3, -0.25) is 0 Å². The molecule has 2 saturated heterocycles. The topological polar surface area (TPSA) is 37.8 Å². The zero-order valence-corrected chi connectivity index (χ0v) is 8.19. The maximum absolute atomic E-state index is 4.10. The standard InChI is InChI=1S/C11H15N3/c1-2-11-10(3-8(1)4-14-11)9-5-12-7-13-6-9/h5-8,10-11,14H,1-4H2. The van der Waals surface area contributed by atoms with Gasteiger partial charge in [-0.1, -0.05) is 0 Å². The Morgan fingerprint density at radius 2 is 2.07 bits per heavy atom. The van der Waals surface area contributed by atoms with Gasteiger partial charge >= 0.3 is 0 Å². The van der Waals surface area contributed by atoms with Crippen LogP contribution < -0.4 is 5.32 Å². The van der Waals surface area contributed by atoms with Crippen molar-refractivity contribution >= 4 is 0 Å². The van der Waals surface area contributed by atoms with Gasteiger partial charge < -0.3 is 5.32 Å². The zero-order chi connectivity index (χ0) is 9.38. The van der Waals surface area contributed by atoms with Crippen LogP contribution in [0.1, 0.15) is 30.7 Å². The molecule has 3 fully saturated rings. The van der Waals surface area contributed by atoms with E-state index in [2.05, 4.69) is 15.3 Å². The van der Waals surface area contributed by atoms with E-state index in [0.29, 0.717) is 12.0 Å². The summed E-state index contributed by atoms with van der Waals surface area (Å²) in [6, 6.07) is 0.672. The summed E-state index contributed by atoms with van der Waals surface area (Å²) in [5.74, 6) is 1.54. The van der Waals surface area contributed by atoms with Crippen LogP contribution in [0.2, 0.25) is 0 Å². The first-order valence-electron chi connectivity index (χ1n) is 5.42. The van der Waals surface area contributed by atoms with Gasteiger partial charge in [0, 0.05) is 24.4 Å². The summed E-state index contributed by atoms with van der Waals surface area (Å²) in [5.41, 5.74) is 1.31. The third-order valence-corrected chi connectivity index (χ3v) is 3.64. The lowest BCUT2D eigenvalue weighted by Crippen LogP contribution is -2.49. The zero-order valence-electron chi connectivity index (χ0n) is 8.19. The van der Waals surface area contributed by atoms with Crippen LogP contribution in [0.3, 0.4) is 0 Å². The van der Waals surface area contributed by atoms with Crippen LogP contribution in [-0.4, -0.2) is 22.6 Å². The molecule has 1 aliphatic carbocycles. The van der Waals surface area contributed by atoms with Gasteiger partial charge in [0.15, 0.2) is 0 Å². The maximum atomic E-state index is 4.10. The molecule has 1 saturated carbocycles. The third kappa shape index (κ3) is 1.32. The van der Waals surface area contributed by atoms with E-state index in [1.807, 2.05) is 12.4 Å². The summed E-state index contributed by atoms with van der Waals surface area (Å²) in [4.78, 5) is 8.21. The van der Waals surface area contributed by atoms with Crippen LogP contribution in [0.25, 0.3) is 0 Å². The number of fused-ring (bicyclic) bond motifs is 3. The van der Waals surface area contributed by atoms with E-state index < -0.39 is 0 Å². The van der Waals surface area contributed by atoms with Crippen LogP contribution >= 0.6 is 0 Å². The number of hydrogen-bond acceptors (Lipinski definition) is 3. The number of piperidine rings is 2. The molecule has 14 heavy (non-hydrogen) atoms. The fraction of sp³-hybridized carbons (Fsp3) is 0.636. The summed E-state index contributed by atoms with van der Waals surface area (Å²) in [7, 11) is 0. The summed E-state index contributed by atoms with van der Waals surface area (Å²) >= 11 is 0. The fourth-order valence-electron chi connectivity index (χ4n) is 2.88. The van der Waals surface area contributed by atoms with Crippen molar-refractivity contribution in [3.63, 3.8) is 0 Å². The molecule has 74 valence electrons. The Labute approximate surface area is 84.0 Å².